The minimum Gasteiger partial charge on any atom is -0.477 e. The Kier molecular flexibility index (Phi) is 6.79. The van der Waals surface area contributed by atoms with Gasteiger partial charge in [-0.05, 0) is 25.0 Å². The Morgan fingerprint density at radius 1 is 1.39 bits per heavy atom. The SMILES string of the molecule is CCCCOCCCNc1cccc(C(=O)O)n1. The lowest BCUT2D eigenvalue weighted by Crippen LogP contribution is -2.09. The first kappa shape index (κ1) is 14.4. The van der Waals surface area contributed by atoms with Gasteiger partial charge in [0.1, 0.15) is 5.82 Å². The molecule has 0 amide bonds. The predicted molar refractivity (Wildman–Crippen MR) is 70.0 cm³/mol. The van der Waals surface area contributed by atoms with Gasteiger partial charge in [-0.3, -0.25) is 0 Å². The predicted octanol–water partition coefficient (Wildman–Crippen LogP) is 2.40. The van der Waals surface area contributed by atoms with Gasteiger partial charge < -0.3 is 15.2 Å². The Labute approximate surface area is 107 Å². The highest BCUT2D eigenvalue weighted by atomic mass is 16.5. The topological polar surface area (TPSA) is 71.5 Å². The number of aromatic carboxylic acids is 1. The summed E-state index contributed by atoms with van der Waals surface area (Å²) in [7, 11) is 0. The number of ether oxygens (including phenoxy) is 1. The first-order valence-electron chi connectivity index (χ1n) is 6.26. The van der Waals surface area contributed by atoms with E-state index in [0.717, 1.165) is 32.4 Å². The van der Waals surface area contributed by atoms with Crippen molar-refractivity contribution in [2.75, 3.05) is 25.1 Å². The number of anilines is 1. The van der Waals surface area contributed by atoms with Crippen molar-refractivity contribution in [3.8, 4) is 0 Å². The van der Waals surface area contributed by atoms with Crippen LogP contribution in [0.25, 0.3) is 0 Å². The molecular formula is C13H20N2O3. The van der Waals surface area contributed by atoms with Crippen LogP contribution in [0.2, 0.25) is 0 Å². The fraction of sp³-hybridized carbons (Fsp3) is 0.538. The minimum atomic E-state index is -1.01. The van der Waals surface area contributed by atoms with E-state index in [-0.39, 0.29) is 5.69 Å². The number of aromatic nitrogens is 1. The molecule has 1 rings (SSSR count). The second-order valence-electron chi connectivity index (χ2n) is 3.96. The van der Waals surface area contributed by atoms with Crippen molar-refractivity contribution >= 4 is 11.8 Å². The van der Waals surface area contributed by atoms with Crippen molar-refractivity contribution in [3.63, 3.8) is 0 Å². The molecule has 0 saturated heterocycles. The third-order valence-corrected chi connectivity index (χ3v) is 2.38. The fourth-order valence-corrected chi connectivity index (χ4v) is 1.39. The molecule has 1 aromatic rings. The second-order valence-corrected chi connectivity index (χ2v) is 3.96. The van der Waals surface area contributed by atoms with Gasteiger partial charge in [0, 0.05) is 19.8 Å². The van der Waals surface area contributed by atoms with Crippen LogP contribution in [0, 0.1) is 0 Å². The summed E-state index contributed by atoms with van der Waals surface area (Å²) in [4.78, 5) is 14.7. The molecule has 0 aliphatic rings. The summed E-state index contributed by atoms with van der Waals surface area (Å²) in [6, 6.07) is 4.91. The van der Waals surface area contributed by atoms with E-state index in [4.69, 9.17) is 9.84 Å². The molecule has 0 aliphatic carbocycles. The van der Waals surface area contributed by atoms with Gasteiger partial charge in [0.15, 0.2) is 5.69 Å². The molecule has 0 unspecified atom stereocenters. The maximum atomic E-state index is 10.7. The highest BCUT2D eigenvalue weighted by Gasteiger charge is 2.04. The molecule has 18 heavy (non-hydrogen) atoms. The molecule has 0 aliphatic heterocycles. The number of unbranched alkanes of at least 4 members (excludes halogenated alkanes) is 1. The summed E-state index contributed by atoms with van der Waals surface area (Å²) in [5, 5.41) is 11.9. The van der Waals surface area contributed by atoms with Crippen molar-refractivity contribution in [3.05, 3.63) is 23.9 Å². The van der Waals surface area contributed by atoms with E-state index in [1.165, 1.54) is 6.07 Å². The van der Waals surface area contributed by atoms with E-state index in [0.29, 0.717) is 12.4 Å². The standard InChI is InChI=1S/C13H20N2O3/c1-2-3-9-18-10-5-8-14-12-7-4-6-11(15-12)13(16)17/h4,6-7H,2-3,5,8-10H2,1H3,(H,14,15)(H,16,17). The fourth-order valence-electron chi connectivity index (χ4n) is 1.39. The van der Waals surface area contributed by atoms with E-state index in [2.05, 4.69) is 17.2 Å². The third-order valence-electron chi connectivity index (χ3n) is 2.38. The monoisotopic (exact) mass is 252 g/mol. The second kappa shape index (κ2) is 8.47. The summed E-state index contributed by atoms with van der Waals surface area (Å²) in [6.45, 7) is 4.38. The molecule has 0 radical (unpaired) electrons. The number of hydrogen-bond acceptors (Lipinski definition) is 4. The van der Waals surface area contributed by atoms with E-state index in [1.54, 1.807) is 12.1 Å². The number of pyridine rings is 1. The normalized spacial score (nSPS) is 10.3. The smallest absolute Gasteiger partial charge is 0.354 e. The van der Waals surface area contributed by atoms with Crippen LogP contribution in [0.15, 0.2) is 18.2 Å². The van der Waals surface area contributed by atoms with Crippen molar-refractivity contribution < 1.29 is 14.6 Å². The molecule has 0 bridgehead atoms. The molecule has 0 atom stereocenters. The highest BCUT2D eigenvalue weighted by Crippen LogP contribution is 2.04. The number of carboxylic acid groups (broad SMARTS) is 1. The van der Waals surface area contributed by atoms with Gasteiger partial charge >= 0.3 is 5.97 Å². The molecule has 1 aromatic heterocycles. The van der Waals surface area contributed by atoms with Crippen molar-refractivity contribution in [2.24, 2.45) is 0 Å². The van der Waals surface area contributed by atoms with Crippen molar-refractivity contribution in [2.45, 2.75) is 26.2 Å². The van der Waals surface area contributed by atoms with Crippen LogP contribution < -0.4 is 5.32 Å². The lowest BCUT2D eigenvalue weighted by molar-refractivity contribution is 0.0690. The molecule has 5 nitrogen and oxygen atoms in total. The largest absolute Gasteiger partial charge is 0.477 e. The third kappa shape index (κ3) is 5.63. The zero-order valence-electron chi connectivity index (χ0n) is 10.7. The Morgan fingerprint density at radius 2 is 2.17 bits per heavy atom. The van der Waals surface area contributed by atoms with Gasteiger partial charge in [-0.25, -0.2) is 9.78 Å². The van der Waals surface area contributed by atoms with Gasteiger partial charge in [0.25, 0.3) is 0 Å². The molecule has 100 valence electrons. The quantitative estimate of drug-likeness (QED) is 0.660. The number of nitrogens with one attached hydrogen (secondary N) is 1. The first-order valence-corrected chi connectivity index (χ1v) is 6.26. The number of carbonyl (C=O) groups is 1. The Bertz CT molecular complexity index is 369. The van der Waals surface area contributed by atoms with Crippen LogP contribution in [0.3, 0.4) is 0 Å². The lowest BCUT2D eigenvalue weighted by atomic mass is 10.3. The lowest BCUT2D eigenvalue weighted by Gasteiger charge is -2.06. The summed E-state index contributed by atoms with van der Waals surface area (Å²) >= 11 is 0. The molecule has 0 spiro atoms. The number of nitrogens with zero attached hydrogens (tertiary/aromatic N) is 1. The molecule has 5 heteroatoms. The molecule has 0 aromatic carbocycles. The van der Waals surface area contributed by atoms with Crippen LogP contribution in [0.4, 0.5) is 5.82 Å². The maximum Gasteiger partial charge on any atom is 0.354 e. The summed E-state index contributed by atoms with van der Waals surface area (Å²) in [6.07, 6.45) is 3.11. The molecule has 1 heterocycles. The summed E-state index contributed by atoms with van der Waals surface area (Å²) in [5.74, 6) is -0.426. The molecule has 2 N–H and O–H groups in total. The van der Waals surface area contributed by atoms with Gasteiger partial charge in [0.2, 0.25) is 0 Å². The molecule has 0 saturated carbocycles. The number of rotatable bonds is 9. The van der Waals surface area contributed by atoms with Crippen LogP contribution in [-0.2, 0) is 4.74 Å². The molecule has 0 fully saturated rings. The van der Waals surface area contributed by atoms with Crippen LogP contribution in [0.5, 0.6) is 0 Å². The Balaban J connectivity index is 2.19. The zero-order valence-corrected chi connectivity index (χ0v) is 10.7. The summed E-state index contributed by atoms with van der Waals surface area (Å²) < 4.78 is 5.42. The van der Waals surface area contributed by atoms with Crippen LogP contribution >= 0.6 is 0 Å². The van der Waals surface area contributed by atoms with Gasteiger partial charge in [-0.2, -0.15) is 0 Å². The Hall–Kier alpha value is -1.62. The average Bonchev–Trinajstić information content (AvgIpc) is 2.38. The van der Waals surface area contributed by atoms with Gasteiger partial charge in [-0.15, -0.1) is 0 Å². The number of carboxylic acids is 1. The average molecular weight is 252 g/mol. The van der Waals surface area contributed by atoms with Crippen molar-refractivity contribution in [1.29, 1.82) is 0 Å². The van der Waals surface area contributed by atoms with E-state index in [9.17, 15) is 4.79 Å². The van der Waals surface area contributed by atoms with Gasteiger partial charge in [0.05, 0.1) is 0 Å². The number of hydrogen-bond donors (Lipinski definition) is 2. The van der Waals surface area contributed by atoms with E-state index >= 15 is 0 Å². The van der Waals surface area contributed by atoms with Crippen molar-refractivity contribution in [1.82, 2.24) is 4.98 Å². The Morgan fingerprint density at radius 3 is 2.89 bits per heavy atom. The summed E-state index contributed by atoms with van der Waals surface area (Å²) in [5.41, 5.74) is 0.0548. The van der Waals surface area contributed by atoms with Crippen LogP contribution in [-0.4, -0.2) is 35.8 Å². The van der Waals surface area contributed by atoms with E-state index < -0.39 is 5.97 Å². The first-order chi connectivity index (χ1) is 8.74. The highest BCUT2D eigenvalue weighted by molar-refractivity contribution is 5.85. The minimum absolute atomic E-state index is 0.0548. The van der Waals surface area contributed by atoms with Gasteiger partial charge in [-0.1, -0.05) is 19.4 Å². The van der Waals surface area contributed by atoms with Crippen LogP contribution in [0.1, 0.15) is 36.7 Å². The zero-order chi connectivity index (χ0) is 13.2. The molecular weight excluding hydrogens is 232 g/mol. The maximum absolute atomic E-state index is 10.7. The van der Waals surface area contributed by atoms with E-state index in [1.807, 2.05) is 0 Å².